The van der Waals surface area contributed by atoms with Crippen molar-refractivity contribution in [1.29, 1.82) is 0 Å². The minimum atomic E-state index is -0.129. The Hall–Kier alpha value is -3.19. The first-order valence-corrected chi connectivity index (χ1v) is 10.1. The average molecular weight is 406 g/mol. The second kappa shape index (κ2) is 9.09. The summed E-state index contributed by atoms with van der Waals surface area (Å²) in [6.07, 6.45) is 5.44. The molecule has 1 N–H and O–H groups in total. The van der Waals surface area contributed by atoms with E-state index in [1.54, 1.807) is 32.7 Å². The summed E-state index contributed by atoms with van der Waals surface area (Å²) in [5, 5.41) is 0. The van der Waals surface area contributed by atoms with Crippen LogP contribution in [0.25, 0.3) is 11.3 Å². The molecule has 30 heavy (non-hydrogen) atoms. The van der Waals surface area contributed by atoms with Crippen molar-refractivity contribution in [2.24, 2.45) is 0 Å². The van der Waals surface area contributed by atoms with Crippen LogP contribution in [0.15, 0.2) is 53.6 Å². The number of piperidine rings is 1. The number of H-pyrrole nitrogens is 1. The van der Waals surface area contributed by atoms with Gasteiger partial charge in [0.25, 0.3) is 5.56 Å². The van der Waals surface area contributed by atoms with Gasteiger partial charge in [0, 0.05) is 43.0 Å². The minimum Gasteiger partial charge on any atom is -0.496 e. The van der Waals surface area contributed by atoms with Gasteiger partial charge in [0.2, 0.25) is 0 Å². The summed E-state index contributed by atoms with van der Waals surface area (Å²) in [6, 6.07) is 11.1. The van der Waals surface area contributed by atoms with Gasteiger partial charge in [0.1, 0.15) is 17.3 Å². The van der Waals surface area contributed by atoms with Gasteiger partial charge in [0.15, 0.2) is 0 Å². The summed E-state index contributed by atoms with van der Waals surface area (Å²) in [4.78, 5) is 26.5. The van der Waals surface area contributed by atoms with E-state index in [2.05, 4.69) is 14.9 Å². The maximum absolute atomic E-state index is 12.3. The number of hydrogen-bond acceptors (Lipinski definition) is 6. The van der Waals surface area contributed by atoms with Crippen LogP contribution < -0.4 is 15.0 Å². The molecule has 1 atom stereocenters. The molecule has 1 unspecified atom stereocenters. The van der Waals surface area contributed by atoms with Gasteiger partial charge in [-0.1, -0.05) is 6.07 Å². The zero-order valence-corrected chi connectivity index (χ0v) is 17.3. The normalized spacial score (nSPS) is 16.9. The zero-order valence-electron chi connectivity index (χ0n) is 17.3. The van der Waals surface area contributed by atoms with Gasteiger partial charge in [-0.3, -0.25) is 14.7 Å². The maximum atomic E-state index is 12.3. The van der Waals surface area contributed by atoms with Gasteiger partial charge >= 0.3 is 0 Å². The zero-order chi connectivity index (χ0) is 20.9. The van der Waals surface area contributed by atoms with E-state index in [1.807, 2.05) is 30.3 Å². The van der Waals surface area contributed by atoms with Gasteiger partial charge in [-0.15, -0.1) is 0 Å². The van der Waals surface area contributed by atoms with Crippen molar-refractivity contribution in [1.82, 2.24) is 19.9 Å². The number of aromatic nitrogens is 3. The second-order valence-electron chi connectivity index (χ2n) is 7.47. The van der Waals surface area contributed by atoms with E-state index in [1.165, 1.54) is 0 Å². The molecule has 7 heteroatoms. The fourth-order valence-electron chi connectivity index (χ4n) is 4.07. The third kappa shape index (κ3) is 4.36. The van der Waals surface area contributed by atoms with Crippen molar-refractivity contribution in [3.8, 4) is 22.8 Å². The van der Waals surface area contributed by atoms with Crippen molar-refractivity contribution in [3.05, 3.63) is 70.5 Å². The van der Waals surface area contributed by atoms with E-state index < -0.39 is 0 Å². The Balaban J connectivity index is 1.57. The molecule has 0 bridgehead atoms. The Morgan fingerprint density at radius 3 is 2.57 bits per heavy atom. The molecule has 1 saturated heterocycles. The van der Waals surface area contributed by atoms with E-state index in [4.69, 9.17) is 14.5 Å². The quantitative estimate of drug-likeness (QED) is 0.677. The lowest BCUT2D eigenvalue weighted by Crippen LogP contribution is -2.35. The number of rotatable bonds is 6. The molecule has 0 amide bonds. The third-order valence-corrected chi connectivity index (χ3v) is 5.54. The highest BCUT2D eigenvalue weighted by Gasteiger charge is 2.25. The number of methoxy groups -OCH3 is 2. The third-order valence-electron chi connectivity index (χ3n) is 5.54. The van der Waals surface area contributed by atoms with Crippen LogP contribution in [0.5, 0.6) is 11.5 Å². The number of likely N-dealkylation sites (tertiary alicyclic amines) is 1. The highest BCUT2D eigenvalue weighted by Crippen LogP contribution is 2.32. The predicted octanol–water partition coefficient (Wildman–Crippen LogP) is 3.23. The Bertz CT molecular complexity index is 1030. The Kier molecular flexibility index (Phi) is 6.09. The molecule has 1 aromatic carbocycles. The second-order valence-corrected chi connectivity index (χ2v) is 7.47. The summed E-state index contributed by atoms with van der Waals surface area (Å²) in [5.41, 5.74) is 2.48. The van der Waals surface area contributed by atoms with E-state index in [-0.39, 0.29) is 11.5 Å². The first kappa shape index (κ1) is 20.1. The highest BCUT2D eigenvalue weighted by molar-refractivity contribution is 5.57. The summed E-state index contributed by atoms with van der Waals surface area (Å²) in [5.74, 6) is 2.55. The number of pyridine rings is 1. The number of nitrogens with zero attached hydrogens (tertiary/aromatic N) is 3. The van der Waals surface area contributed by atoms with Gasteiger partial charge in [-0.25, -0.2) is 4.98 Å². The Morgan fingerprint density at radius 2 is 1.87 bits per heavy atom. The number of ether oxygens (including phenoxy) is 2. The summed E-state index contributed by atoms with van der Waals surface area (Å²) >= 11 is 0. The van der Waals surface area contributed by atoms with Gasteiger partial charge in [0.05, 0.1) is 25.5 Å². The van der Waals surface area contributed by atoms with Crippen LogP contribution in [0.2, 0.25) is 0 Å². The molecule has 3 heterocycles. The van der Waals surface area contributed by atoms with Gasteiger partial charge < -0.3 is 14.5 Å². The predicted molar refractivity (Wildman–Crippen MR) is 115 cm³/mol. The number of nitrogens with one attached hydrogen (secondary N) is 1. The Labute approximate surface area is 175 Å². The van der Waals surface area contributed by atoms with Crippen LogP contribution in [0.1, 0.15) is 30.1 Å². The van der Waals surface area contributed by atoms with E-state index in [0.717, 1.165) is 60.9 Å². The molecular weight excluding hydrogens is 380 g/mol. The van der Waals surface area contributed by atoms with Gasteiger partial charge in [-0.05, 0) is 43.7 Å². The molecule has 0 saturated carbocycles. The SMILES string of the molecule is COc1cccc(OC)c1CN1CCCC(c2nc(-c3ccncc3)cc(=O)[nH]2)C1. The van der Waals surface area contributed by atoms with Crippen LogP contribution in [0, 0.1) is 0 Å². The molecule has 0 aliphatic carbocycles. The first-order chi connectivity index (χ1) is 14.7. The van der Waals surface area contributed by atoms with E-state index >= 15 is 0 Å². The lowest BCUT2D eigenvalue weighted by atomic mass is 9.96. The molecule has 0 spiro atoms. The van der Waals surface area contributed by atoms with Crippen LogP contribution in [-0.2, 0) is 6.54 Å². The lowest BCUT2D eigenvalue weighted by Gasteiger charge is -2.33. The summed E-state index contributed by atoms with van der Waals surface area (Å²) in [7, 11) is 3.35. The molecule has 156 valence electrons. The molecule has 7 nitrogen and oxygen atoms in total. The number of aromatic amines is 1. The summed E-state index contributed by atoms with van der Waals surface area (Å²) < 4.78 is 11.1. The number of hydrogen-bond donors (Lipinski definition) is 1. The minimum absolute atomic E-state index is 0.129. The maximum Gasteiger partial charge on any atom is 0.251 e. The fourth-order valence-corrected chi connectivity index (χ4v) is 4.07. The summed E-state index contributed by atoms with van der Waals surface area (Å²) in [6.45, 7) is 2.51. The monoisotopic (exact) mass is 406 g/mol. The molecule has 1 aliphatic rings. The number of benzene rings is 1. The molecule has 1 fully saturated rings. The van der Waals surface area contributed by atoms with Crippen molar-refractivity contribution < 1.29 is 9.47 Å². The van der Waals surface area contributed by atoms with Crippen molar-refractivity contribution in [2.45, 2.75) is 25.3 Å². The van der Waals surface area contributed by atoms with Crippen molar-refractivity contribution in [2.75, 3.05) is 27.3 Å². The van der Waals surface area contributed by atoms with E-state index in [0.29, 0.717) is 5.69 Å². The molecule has 1 aliphatic heterocycles. The Morgan fingerprint density at radius 1 is 1.13 bits per heavy atom. The first-order valence-electron chi connectivity index (χ1n) is 10.1. The van der Waals surface area contributed by atoms with Crippen LogP contribution in [0.3, 0.4) is 0 Å². The average Bonchev–Trinajstić information content (AvgIpc) is 2.79. The fraction of sp³-hybridized carbons (Fsp3) is 0.348. The molecule has 3 aromatic rings. The molecule has 0 radical (unpaired) electrons. The van der Waals surface area contributed by atoms with Crippen LogP contribution in [-0.4, -0.2) is 47.2 Å². The van der Waals surface area contributed by atoms with Crippen LogP contribution in [0.4, 0.5) is 0 Å². The van der Waals surface area contributed by atoms with Crippen molar-refractivity contribution >= 4 is 0 Å². The lowest BCUT2D eigenvalue weighted by molar-refractivity contribution is 0.192. The topological polar surface area (TPSA) is 80.3 Å². The van der Waals surface area contributed by atoms with Gasteiger partial charge in [-0.2, -0.15) is 0 Å². The van der Waals surface area contributed by atoms with Crippen molar-refractivity contribution in [3.63, 3.8) is 0 Å². The molecular formula is C23H26N4O3. The highest BCUT2D eigenvalue weighted by atomic mass is 16.5. The largest absolute Gasteiger partial charge is 0.496 e. The smallest absolute Gasteiger partial charge is 0.251 e. The standard InChI is InChI=1S/C23H26N4O3/c1-29-20-6-3-7-21(30-2)18(20)15-27-12-4-5-17(14-27)23-25-19(13-22(28)26-23)16-8-10-24-11-9-16/h3,6-11,13,17H,4-5,12,14-15H2,1-2H3,(H,25,26,28). The van der Waals surface area contributed by atoms with E-state index in [9.17, 15) is 4.79 Å². The molecule has 2 aromatic heterocycles. The molecule has 4 rings (SSSR count). The van der Waals surface area contributed by atoms with Crippen LogP contribution >= 0.6 is 0 Å².